The zero-order valence-electron chi connectivity index (χ0n) is 14.1. The first-order chi connectivity index (χ1) is 9.88. The molecule has 0 radical (unpaired) electrons. The Bertz CT molecular complexity index is 501. The Labute approximate surface area is 128 Å². The molecule has 0 spiro atoms. The Balaban J connectivity index is 2.17. The van der Waals surface area contributed by atoms with Crippen LogP contribution in [0.25, 0.3) is 0 Å². The molecular weight excluding hydrogens is 260 g/mol. The molecule has 3 heteroatoms. The predicted octanol–water partition coefficient (Wildman–Crippen LogP) is 2.36. The molecular formula is C18H28N2O. The number of nitrogens with zero attached hydrogens (tertiary/aromatic N) is 2. The maximum atomic E-state index is 12.8. The zero-order valence-corrected chi connectivity index (χ0v) is 14.1. The normalized spacial score (nSPS) is 21.3. The lowest BCUT2D eigenvalue weighted by atomic mass is 9.93. The van der Waals surface area contributed by atoms with E-state index in [4.69, 9.17) is 0 Å². The van der Waals surface area contributed by atoms with Crippen molar-refractivity contribution in [2.75, 3.05) is 33.7 Å². The Morgan fingerprint density at radius 1 is 1.14 bits per heavy atom. The summed E-state index contributed by atoms with van der Waals surface area (Å²) < 4.78 is 0. The van der Waals surface area contributed by atoms with Crippen LogP contribution in [0.1, 0.15) is 28.7 Å². The Kier molecular flexibility index (Phi) is 5.17. The monoisotopic (exact) mass is 288 g/mol. The van der Waals surface area contributed by atoms with Crippen molar-refractivity contribution in [3.8, 4) is 0 Å². The molecule has 2 rings (SSSR count). The molecule has 0 aromatic heterocycles. The standard InChI is InChI=1S/C18H28N2O/c1-13-9-14(2)16(15(3)10-13)11-18(21)17-12-19(4)7-6-8-20(17)5/h9-10,17H,6-8,11-12H2,1-5H3. The molecule has 1 aromatic rings. The molecule has 1 saturated heterocycles. The summed E-state index contributed by atoms with van der Waals surface area (Å²) in [5, 5.41) is 0. The van der Waals surface area contributed by atoms with Crippen molar-refractivity contribution in [2.24, 2.45) is 0 Å². The average Bonchev–Trinajstić information content (AvgIpc) is 2.55. The van der Waals surface area contributed by atoms with Gasteiger partial charge >= 0.3 is 0 Å². The van der Waals surface area contributed by atoms with Crippen LogP contribution in [0.4, 0.5) is 0 Å². The second-order valence-electron chi connectivity index (χ2n) is 6.63. The van der Waals surface area contributed by atoms with Gasteiger partial charge in [-0.15, -0.1) is 0 Å². The summed E-state index contributed by atoms with van der Waals surface area (Å²) in [5.41, 5.74) is 4.97. The summed E-state index contributed by atoms with van der Waals surface area (Å²) in [4.78, 5) is 17.3. The number of Topliss-reactive ketones (excluding diaryl/α,β-unsaturated/α-hetero) is 1. The summed E-state index contributed by atoms with van der Waals surface area (Å²) in [5.74, 6) is 0.348. The van der Waals surface area contributed by atoms with E-state index in [9.17, 15) is 4.79 Å². The third-order valence-corrected chi connectivity index (χ3v) is 4.63. The molecule has 1 aliphatic rings. The summed E-state index contributed by atoms with van der Waals surface area (Å²) in [6, 6.07) is 4.38. The highest BCUT2D eigenvalue weighted by molar-refractivity contribution is 5.87. The van der Waals surface area contributed by atoms with E-state index in [0.29, 0.717) is 12.2 Å². The second kappa shape index (κ2) is 6.71. The SMILES string of the molecule is Cc1cc(C)c(CC(=O)C2CN(C)CCCN2C)c(C)c1. The van der Waals surface area contributed by atoms with Crippen molar-refractivity contribution >= 4 is 5.78 Å². The highest BCUT2D eigenvalue weighted by Gasteiger charge is 2.27. The first-order valence-corrected chi connectivity index (χ1v) is 7.86. The molecule has 1 unspecified atom stereocenters. The van der Waals surface area contributed by atoms with Crippen molar-refractivity contribution in [3.63, 3.8) is 0 Å². The minimum Gasteiger partial charge on any atom is -0.304 e. The van der Waals surface area contributed by atoms with Crippen molar-refractivity contribution in [1.29, 1.82) is 0 Å². The van der Waals surface area contributed by atoms with Gasteiger partial charge in [0.25, 0.3) is 0 Å². The molecule has 0 saturated carbocycles. The number of carbonyl (C=O) groups excluding carboxylic acids is 1. The van der Waals surface area contributed by atoms with Crippen molar-refractivity contribution in [1.82, 2.24) is 9.80 Å². The maximum absolute atomic E-state index is 12.8. The van der Waals surface area contributed by atoms with Crippen LogP contribution in [0.5, 0.6) is 0 Å². The van der Waals surface area contributed by atoms with Gasteiger partial charge in [0.15, 0.2) is 5.78 Å². The largest absolute Gasteiger partial charge is 0.304 e. The zero-order chi connectivity index (χ0) is 15.6. The van der Waals surface area contributed by atoms with Crippen molar-refractivity contribution < 1.29 is 4.79 Å². The van der Waals surface area contributed by atoms with E-state index in [2.05, 4.69) is 56.8 Å². The number of aryl methyl sites for hydroxylation is 3. The highest BCUT2D eigenvalue weighted by Crippen LogP contribution is 2.19. The van der Waals surface area contributed by atoms with Gasteiger partial charge in [0, 0.05) is 13.0 Å². The number of carbonyl (C=O) groups is 1. The fourth-order valence-electron chi connectivity index (χ4n) is 3.40. The topological polar surface area (TPSA) is 23.6 Å². The number of likely N-dealkylation sites (N-methyl/N-ethyl adjacent to an activating group) is 2. The average molecular weight is 288 g/mol. The summed E-state index contributed by atoms with van der Waals surface area (Å²) >= 11 is 0. The van der Waals surface area contributed by atoms with E-state index in [0.717, 1.165) is 26.1 Å². The van der Waals surface area contributed by atoms with Crippen LogP contribution in [0.2, 0.25) is 0 Å². The molecule has 0 amide bonds. The van der Waals surface area contributed by atoms with Crippen LogP contribution in [0.15, 0.2) is 12.1 Å². The molecule has 1 atom stereocenters. The third-order valence-electron chi connectivity index (χ3n) is 4.63. The van der Waals surface area contributed by atoms with Gasteiger partial charge < -0.3 is 4.90 Å². The molecule has 3 nitrogen and oxygen atoms in total. The van der Waals surface area contributed by atoms with Crippen LogP contribution >= 0.6 is 0 Å². The lowest BCUT2D eigenvalue weighted by molar-refractivity contribution is -0.123. The van der Waals surface area contributed by atoms with E-state index in [-0.39, 0.29) is 6.04 Å². The summed E-state index contributed by atoms with van der Waals surface area (Å²) in [6.07, 6.45) is 1.69. The first-order valence-electron chi connectivity index (χ1n) is 7.86. The maximum Gasteiger partial charge on any atom is 0.155 e. The van der Waals surface area contributed by atoms with Crippen LogP contribution < -0.4 is 0 Å². The second-order valence-corrected chi connectivity index (χ2v) is 6.63. The van der Waals surface area contributed by atoms with Gasteiger partial charge in [0.05, 0.1) is 6.04 Å². The van der Waals surface area contributed by atoms with Crippen molar-refractivity contribution in [2.45, 2.75) is 39.7 Å². The fourth-order valence-corrected chi connectivity index (χ4v) is 3.40. The summed E-state index contributed by atoms with van der Waals surface area (Å²) in [7, 11) is 4.19. The molecule has 1 aliphatic heterocycles. The van der Waals surface area contributed by atoms with E-state index >= 15 is 0 Å². The van der Waals surface area contributed by atoms with Gasteiger partial charge in [0.2, 0.25) is 0 Å². The molecule has 21 heavy (non-hydrogen) atoms. The van der Waals surface area contributed by atoms with Gasteiger partial charge in [-0.3, -0.25) is 9.69 Å². The predicted molar refractivity (Wildman–Crippen MR) is 87.9 cm³/mol. The van der Waals surface area contributed by atoms with E-state index in [1.807, 2.05) is 0 Å². The number of ketones is 1. The molecule has 1 fully saturated rings. The minimum absolute atomic E-state index is 0.0256. The molecule has 1 aromatic carbocycles. The number of hydrogen-bond donors (Lipinski definition) is 0. The van der Waals surface area contributed by atoms with E-state index in [1.54, 1.807) is 0 Å². The van der Waals surface area contributed by atoms with Gasteiger partial charge in [-0.05, 0) is 71.1 Å². The molecule has 0 N–H and O–H groups in total. The molecule has 0 bridgehead atoms. The quantitative estimate of drug-likeness (QED) is 0.853. The van der Waals surface area contributed by atoms with Gasteiger partial charge in [-0.1, -0.05) is 17.7 Å². The molecule has 116 valence electrons. The minimum atomic E-state index is 0.0256. The van der Waals surface area contributed by atoms with E-state index in [1.165, 1.54) is 22.3 Å². The van der Waals surface area contributed by atoms with Gasteiger partial charge in [-0.2, -0.15) is 0 Å². The Hall–Kier alpha value is -1.19. The Morgan fingerprint density at radius 3 is 2.38 bits per heavy atom. The number of rotatable bonds is 3. The highest BCUT2D eigenvalue weighted by atomic mass is 16.1. The lowest BCUT2D eigenvalue weighted by Gasteiger charge is -2.26. The van der Waals surface area contributed by atoms with Gasteiger partial charge in [0.1, 0.15) is 0 Å². The van der Waals surface area contributed by atoms with E-state index < -0.39 is 0 Å². The fraction of sp³-hybridized carbons (Fsp3) is 0.611. The third kappa shape index (κ3) is 3.92. The van der Waals surface area contributed by atoms with Crippen LogP contribution in [-0.2, 0) is 11.2 Å². The Morgan fingerprint density at radius 2 is 1.76 bits per heavy atom. The summed E-state index contributed by atoms with van der Waals surface area (Å²) in [6.45, 7) is 9.28. The lowest BCUT2D eigenvalue weighted by Crippen LogP contribution is -2.44. The van der Waals surface area contributed by atoms with Crippen molar-refractivity contribution in [3.05, 3.63) is 34.4 Å². The number of benzene rings is 1. The first kappa shape index (κ1) is 16.2. The molecule has 0 aliphatic carbocycles. The van der Waals surface area contributed by atoms with Crippen LogP contribution in [-0.4, -0.2) is 55.4 Å². The van der Waals surface area contributed by atoms with Gasteiger partial charge in [-0.25, -0.2) is 0 Å². The van der Waals surface area contributed by atoms with Crippen LogP contribution in [0, 0.1) is 20.8 Å². The molecule has 1 heterocycles. The smallest absolute Gasteiger partial charge is 0.155 e. The van der Waals surface area contributed by atoms with Crippen LogP contribution in [0.3, 0.4) is 0 Å². The number of hydrogen-bond acceptors (Lipinski definition) is 3.